The summed E-state index contributed by atoms with van der Waals surface area (Å²) in [5.74, 6) is 0.599. The summed E-state index contributed by atoms with van der Waals surface area (Å²) in [7, 11) is 2.10. The number of aromatic amines is 1. The van der Waals surface area contributed by atoms with Crippen molar-refractivity contribution in [2.45, 2.75) is 37.6 Å². The van der Waals surface area contributed by atoms with E-state index in [9.17, 15) is 4.79 Å². The highest BCUT2D eigenvalue weighted by Crippen LogP contribution is 2.37. The Kier molecular flexibility index (Phi) is 6.58. The second-order valence-corrected chi connectivity index (χ2v) is 11.0. The largest absolute Gasteiger partial charge is 0.379 e. The molecule has 0 atom stereocenters. The van der Waals surface area contributed by atoms with Crippen LogP contribution in [0.5, 0.6) is 0 Å². The molecule has 2 saturated heterocycles. The first-order valence-corrected chi connectivity index (χ1v) is 13.8. The quantitative estimate of drug-likeness (QED) is 0.599. The molecule has 1 saturated carbocycles. The Hall–Kier alpha value is -2.33. The number of pyridine rings is 1. The molecule has 3 aromatic rings. The molecular weight excluding hydrogens is 460 g/mol. The second kappa shape index (κ2) is 9.97. The molecule has 0 radical (unpaired) electrons. The van der Waals surface area contributed by atoms with Crippen LogP contribution in [0.1, 0.15) is 47.0 Å². The van der Waals surface area contributed by atoms with Gasteiger partial charge in [0.2, 0.25) is 0 Å². The normalized spacial score (nSPS) is 24.8. The zero-order valence-electron chi connectivity index (χ0n) is 20.4. The van der Waals surface area contributed by atoms with Crippen molar-refractivity contribution in [1.29, 1.82) is 0 Å². The molecule has 0 spiro atoms. The summed E-state index contributed by atoms with van der Waals surface area (Å²) in [5.41, 5.74) is 4.09. The predicted molar refractivity (Wildman–Crippen MR) is 138 cm³/mol. The molecule has 3 fully saturated rings. The molecule has 6 rings (SSSR count). The van der Waals surface area contributed by atoms with Crippen molar-refractivity contribution in [2.75, 3.05) is 59.5 Å². The zero-order valence-corrected chi connectivity index (χ0v) is 21.2. The van der Waals surface area contributed by atoms with E-state index < -0.39 is 0 Å². The van der Waals surface area contributed by atoms with E-state index in [4.69, 9.17) is 14.7 Å². The number of carbonyl (C=O) groups is 1. The number of hydrogen-bond donors (Lipinski definition) is 1. The molecule has 9 heteroatoms. The first kappa shape index (κ1) is 23.1. The smallest absolute Gasteiger partial charge is 0.282 e. The number of morpholine rings is 1. The number of aromatic nitrogens is 3. The molecule has 3 aliphatic rings. The summed E-state index contributed by atoms with van der Waals surface area (Å²) < 4.78 is 5.53. The van der Waals surface area contributed by atoms with Gasteiger partial charge in [0.25, 0.3) is 5.91 Å². The fraction of sp³-hybridized carbons (Fsp3) is 0.577. The standard InChI is InChI=1S/C26H34N6O2S/c1-30-6-8-32(9-7-30)26(33)25-29-23(17-35-25)22-16-28-24-21(22)14-19(15-27-24)18-2-4-20(5-3-18)31-10-12-34-13-11-31/h14-18,20H,2-13H2,1H3,(H,27,28)/t18-,20+. The SMILES string of the molecule is CN1CCN(C(=O)c2nc(-c3c[nH]c4ncc([C@H]5CC[C@@H](N6CCOCC6)CC5)cc34)cs2)CC1. The van der Waals surface area contributed by atoms with Gasteiger partial charge in [-0.05, 0) is 50.3 Å². The number of ether oxygens (including phenoxy) is 1. The van der Waals surface area contributed by atoms with Crippen LogP contribution in [0, 0.1) is 0 Å². The van der Waals surface area contributed by atoms with Crippen LogP contribution in [0.25, 0.3) is 22.3 Å². The fourth-order valence-corrected chi connectivity index (χ4v) is 6.60. The van der Waals surface area contributed by atoms with E-state index in [1.165, 1.54) is 42.6 Å². The number of nitrogens with one attached hydrogen (secondary N) is 1. The van der Waals surface area contributed by atoms with Gasteiger partial charge in [0.1, 0.15) is 5.65 Å². The summed E-state index contributed by atoms with van der Waals surface area (Å²) in [5, 5.41) is 3.68. The Morgan fingerprint density at radius 3 is 2.63 bits per heavy atom. The molecule has 8 nitrogen and oxygen atoms in total. The molecule has 1 amide bonds. The van der Waals surface area contributed by atoms with E-state index in [0.717, 1.165) is 74.8 Å². The molecular formula is C26H34N6O2S. The molecule has 0 bridgehead atoms. The maximum atomic E-state index is 13.0. The number of fused-ring (bicyclic) bond motifs is 1. The fourth-order valence-electron chi connectivity index (χ4n) is 5.81. The molecule has 3 aromatic heterocycles. The summed E-state index contributed by atoms with van der Waals surface area (Å²) in [6.45, 7) is 7.23. The summed E-state index contributed by atoms with van der Waals surface area (Å²) in [4.78, 5) is 32.6. The van der Waals surface area contributed by atoms with Crippen LogP contribution >= 0.6 is 11.3 Å². The Labute approximate surface area is 210 Å². The van der Waals surface area contributed by atoms with Crippen molar-refractivity contribution in [1.82, 2.24) is 29.7 Å². The first-order valence-electron chi connectivity index (χ1n) is 12.9. The van der Waals surface area contributed by atoms with Crippen molar-refractivity contribution < 1.29 is 9.53 Å². The van der Waals surface area contributed by atoms with Gasteiger partial charge in [-0.3, -0.25) is 9.69 Å². The summed E-state index contributed by atoms with van der Waals surface area (Å²) in [6, 6.07) is 3.00. The lowest BCUT2D eigenvalue weighted by Crippen LogP contribution is -2.47. The number of carbonyl (C=O) groups excluding carboxylic acids is 1. The molecule has 2 aliphatic heterocycles. The van der Waals surface area contributed by atoms with Gasteiger partial charge in [0, 0.05) is 74.0 Å². The van der Waals surface area contributed by atoms with Gasteiger partial charge in [0.05, 0.1) is 18.9 Å². The number of rotatable bonds is 4. The van der Waals surface area contributed by atoms with Gasteiger partial charge in [-0.2, -0.15) is 0 Å². The number of thiazole rings is 1. The number of amides is 1. The highest BCUT2D eigenvalue weighted by atomic mass is 32.1. The lowest BCUT2D eigenvalue weighted by Gasteiger charge is -2.38. The summed E-state index contributed by atoms with van der Waals surface area (Å²) >= 11 is 1.44. The molecule has 186 valence electrons. The van der Waals surface area contributed by atoms with Gasteiger partial charge in [-0.25, -0.2) is 9.97 Å². The van der Waals surface area contributed by atoms with Crippen LogP contribution in [0.15, 0.2) is 23.8 Å². The minimum atomic E-state index is 0.0463. The van der Waals surface area contributed by atoms with Gasteiger partial charge in [-0.15, -0.1) is 11.3 Å². The molecule has 1 N–H and O–H groups in total. The Morgan fingerprint density at radius 2 is 1.86 bits per heavy atom. The average molecular weight is 495 g/mol. The number of piperazine rings is 1. The monoisotopic (exact) mass is 494 g/mol. The predicted octanol–water partition coefficient (Wildman–Crippen LogP) is 3.43. The van der Waals surface area contributed by atoms with E-state index >= 15 is 0 Å². The van der Waals surface area contributed by atoms with Crippen LogP contribution < -0.4 is 0 Å². The molecule has 1 aliphatic carbocycles. The van der Waals surface area contributed by atoms with Crippen molar-refractivity contribution in [3.63, 3.8) is 0 Å². The van der Waals surface area contributed by atoms with Gasteiger partial charge >= 0.3 is 0 Å². The summed E-state index contributed by atoms with van der Waals surface area (Å²) in [6.07, 6.45) is 8.92. The molecule has 0 aromatic carbocycles. The topological polar surface area (TPSA) is 77.6 Å². The van der Waals surface area contributed by atoms with Crippen LogP contribution in [0.3, 0.4) is 0 Å². The Morgan fingerprint density at radius 1 is 1.09 bits per heavy atom. The van der Waals surface area contributed by atoms with Crippen molar-refractivity contribution in [3.8, 4) is 11.3 Å². The van der Waals surface area contributed by atoms with Crippen molar-refractivity contribution in [3.05, 3.63) is 34.4 Å². The van der Waals surface area contributed by atoms with Crippen LogP contribution in [-0.2, 0) is 4.74 Å². The van der Waals surface area contributed by atoms with E-state index in [1.54, 1.807) is 0 Å². The average Bonchev–Trinajstić information content (AvgIpc) is 3.56. The maximum absolute atomic E-state index is 13.0. The Balaban J connectivity index is 1.17. The minimum Gasteiger partial charge on any atom is -0.379 e. The van der Waals surface area contributed by atoms with Gasteiger partial charge in [0.15, 0.2) is 5.01 Å². The van der Waals surface area contributed by atoms with Crippen LogP contribution in [-0.4, -0.2) is 101 Å². The maximum Gasteiger partial charge on any atom is 0.282 e. The first-order chi connectivity index (χ1) is 17.2. The van der Waals surface area contributed by atoms with Crippen molar-refractivity contribution in [2.24, 2.45) is 0 Å². The highest BCUT2D eigenvalue weighted by Gasteiger charge is 2.28. The minimum absolute atomic E-state index is 0.0463. The van der Waals surface area contributed by atoms with Crippen molar-refractivity contribution >= 4 is 28.3 Å². The lowest BCUT2D eigenvalue weighted by molar-refractivity contribution is 0.00729. The number of likely N-dealkylation sites (N-methyl/N-ethyl adjacent to an activating group) is 1. The Bertz CT molecular complexity index is 1170. The van der Waals surface area contributed by atoms with Gasteiger partial charge in [-0.1, -0.05) is 0 Å². The third kappa shape index (κ3) is 4.74. The van der Waals surface area contributed by atoms with E-state index in [1.807, 2.05) is 22.7 Å². The lowest BCUT2D eigenvalue weighted by atomic mass is 9.81. The third-order valence-corrected chi connectivity index (χ3v) is 8.87. The number of H-pyrrole nitrogens is 1. The molecule has 35 heavy (non-hydrogen) atoms. The zero-order chi connectivity index (χ0) is 23.8. The van der Waals surface area contributed by atoms with Gasteiger partial charge < -0.3 is 19.5 Å². The van der Waals surface area contributed by atoms with E-state index in [2.05, 4.69) is 27.9 Å². The number of nitrogens with zero attached hydrogens (tertiary/aromatic N) is 5. The van der Waals surface area contributed by atoms with Crippen LogP contribution in [0.4, 0.5) is 0 Å². The molecule has 0 unspecified atom stereocenters. The van der Waals surface area contributed by atoms with Crippen LogP contribution in [0.2, 0.25) is 0 Å². The van der Waals surface area contributed by atoms with E-state index in [0.29, 0.717) is 17.0 Å². The number of hydrogen-bond acceptors (Lipinski definition) is 7. The third-order valence-electron chi connectivity index (χ3n) is 8.04. The highest BCUT2D eigenvalue weighted by molar-refractivity contribution is 7.12. The van der Waals surface area contributed by atoms with E-state index in [-0.39, 0.29) is 5.91 Å². The second-order valence-electron chi connectivity index (χ2n) is 10.2. The molecule has 5 heterocycles.